The molecule has 1 aromatic heterocycles. The monoisotopic (exact) mass is 315 g/mol. The molecule has 1 aliphatic carbocycles. The van der Waals surface area contributed by atoms with Gasteiger partial charge >= 0.3 is 0 Å². The number of nitrogens with one attached hydrogen (secondary N) is 1. The van der Waals surface area contributed by atoms with E-state index in [2.05, 4.69) is 17.4 Å². The molecule has 1 N–H and O–H groups in total. The van der Waals surface area contributed by atoms with Crippen molar-refractivity contribution in [2.45, 2.75) is 31.1 Å². The first-order chi connectivity index (χ1) is 10.7. The van der Waals surface area contributed by atoms with Crippen molar-refractivity contribution in [1.82, 2.24) is 5.32 Å². The normalized spacial score (nSPS) is 16.4. The van der Waals surface area contributed by atoms with Gasteiger partial charge in [-0.3, -0.25) is 4.79 Å². The number of amides is 1. The Kier molecular flexibility index (Phi) is 4.48. The lowest BCUT2D eigenvalue weighted by Crippen LogP contribution is -2.38. The largest absolute Gasteiger partial charge is 0.497 e. The van der Waals surface area contributed by atoms with Gasteiger partial charge in [-0.15, -0.1) is 11.3 Å². The van der Waals surface area contributed by atoms with Crippen LogP contribution in [0.5, 0.6) is 5.75 Å². The molecule has 116 valence electrons. The van der Waals surface area contributed by atoms with Crippen molar-refractivity contribution in [3.63, 3.8) is 0 Å². The van der Waals surface area contributed by atoms with Gasteiger partial charge in [-0.25, -0.2) is 0 Å². The van der Waals surface area contributed by atoms with E-state index in [1.807, 2.05) is 29.6 Å². The molecular formula is C18H21NO2S. The van der Waals surface area contributed by atoms with E-state index < -0.39 is 0 Å². The molecule has 1 aliphatic rings. The molecule has 0 saturated heterocycles. The van der Waals surface area contributed by atoms with E-state index in [0.717, 1.165) is 23.5 Å². The van der Waals surface area contributed by atoms with Crippen LogP contribution in [0.2, 0.25) is 0 Å². The summed E-state index contributed by atoms with van der Waals surface area (Å²) in [7, 11) is 1.68. The van der Waals surface area contributed by atoms with E-state index in [-0.39, 0.29) is 11.3 Å². The fraction of sp³-hybridized carbons (Fsp3) is 0.389. The van der Waals surface area contributed by atoms with Gasteiger partial charge in [0.2, 0.25) is 0 Å². The number of methoxy groups -OCH3 is 1. The smallest absolute Gasteiger partial charge is 0.261 e. The number of benzene rings is 1. The summed E-state index contributed by atoms with van der Waals surface area (Å²) < 4.78 is 5.24. The van der Waals surface area contributed by atoms with Crippen LogP contribution in [0.15, 0.2) is 41.8 Å². The Bertz CT molecular complexity index is 613. The summed E-state index contributed by atoms with van der Waals surface area (Å²) in [6.07, 6.45) is 4.70. The van der Waals surface area contributed by atoms with Gasteiger partial charge in [0, 0.05) is 12.0 Å². The maximum absolute atomic E-state index is 12.2. The molecular weight excluding hydrogens is 294 g/mol. The lowest BCUT2D eigenvalue weighted by Gasteiger charge is -2.30. The van der Waals surface area contributed by atoms with E-state index in [1.54, 1.807) is 7.11 Å². The zero-order valence-electron chi connectivity index (χ0n) is 12.8. The predicted octanol–water partition coefficient (Wildman–Crippen LogP) is 4.00. The highest BCUT2D eigenvalue weighted by Crippen LogP contribution is 2.41. The lowest BCUT2D eigenvalue weighted by atomic mass is 9.78. The van der Waals surface area contributed by atoms with Crippen molar-refractivity contribution < 1.29 is 9.53 Å². The number of ether oxygens (including phenoxy) is 1. The second-order valence-corrected chi connectivity index (χ2v) is 6.82. The summed E-state index contributed by atoms with van der Waals surface area (Å²) in [6.45, 7) is 0.704. The maximum atomic E-state index is 12.2. The molecule has 22 heavy (non-hydrogen) atoms. The molecule has 3 nitrogen and oxygen atoms in total. The second-order valence-electron chi connectivity index (χ2n) is 5.88. The van der Waals surface area contributed by atoms with Crippen LogP contribution in [0, 0.1) is 0 Å². The van der Waals surface area contributed by atoms with Crippen LogP contribution in [0.1, 0.15) is 40.9 Å². The van der Waals surface area contributed by atoms with E-state index >= 15 is 0 Å². The van der Waals surface area contributed by atoms with Crippen molar-refractivity contribution in [3.8, 4) is 5.75 Å². The van der Waals surface area contributed by atoms with Gasteiger partial charge in [-0.1, -0.05) is 31.0 Å². The fourth-order valence-corrected chi connectivity index (χ4v) is 3.95. The highest BCUT2D eigenvalue weighted by Gasteiger charge is 2.36. The van der Waals surface area contributed by atoms with Crippen molar-refractivity contribution in [1.29, 1.82) is 0 Å². The third-order valence-electron chi connectivity index (χ3n) is 4.60. The molecule has 0 spiro atoms. The van der Waals surface area contributed by atoms with Crippen LogP contribution < -0.4 is 10.1 Å². The second kappa shape index (κ2) is 6.53. The average molecular weight is 315 g/mol. The number of hydrogen-bond acceptors (Lipinski definition) is 3. The number of hydrogen-bond donors (Lipinski definition) is 1. The number of carbonyl (C=O) groups is 1. The minimum Gasteiger partial charge on any atom is -0.497 e. The first kappa shape index (κ1) is 15.1. The van der Waals surface area contributed by atoms with Gasteiger partial charge in [0.25, 0.3) is 5.91 Å². The minimum absolute atomic E-state index is 0.0368. The average Bonchev–Trinajstić information content (AvgIpc) is 3.25. The topological polar surface area (TPSA) is 38.3 Å². The third-order valence-corrected chi connectivity index (χ3v) is 5.46. The quantitative estimate of drug-likeness (QED) is 0.905. The van der Waals surface area contributed by atoms with Crippen LogP contribution in [0.25, 0.3) is 0 Å². The summed E-state index contributed by atoms with van der Waals surface area (Å²) in [4.78, 5) is 13.0. The summed E-state index contributed by atoms with van der Waals surface area (Å²) >= 11 is 1.48. The van der Waals surface area contributed by atoms with Crippen LogP contribution in [-0.4, -0.2) is 19.6 Å². The minimum atomic E-state index is 0.0368. The van der Waals surface area contributed by atoms with Gasteiger partial charge in [0.1, 0.15) is 5.75 Å². The Morgan fingerprint density at radius 3 is 2.55 bits per heavy atom. The number of rotatable bonds is 5. The van der Waals surface area contributed by atoms with Gasteiger partial charge in [0.15, 0.2) is 0 Å². The first-order valence-electron chi connectivity index (χ1n) is 7.70. The lowest BCUT2D eigenvalue weighted by molar-refractivity contribution is 0.0947. The Morgan fingerprint density at radius 2 is 1.95 bits per heavy atom. The summed E-state index contributed by atoms with van der Waals surface area (Å²) in [5.41, 5.74) is 1.37. The van der Waals surface area contributed by atoms with Crippen LogP contribution in [-0.2, 0) is 5.41 Å². The summed E-state index contributed by atoms with van der Waals surface area (Å²) in [5, 5.41) is 5.07. The zero-order valence-corrected chi connectivity index (χ0v) is 13.6. The van der Waals surface area contributed by atoms with Gasteiger partial charge in [0.05, 0.1) is 12.0 Å². The number of carbonyl (C=O) groups excluding carboxylic acids is 1. The molecule has 4 heteroatoms. The Morgan fingerprint density at radius 1 is 1.23 bits per heavy atom. The molecule has 3 rings (SSSR count). The zero-order chi connectivity index (χ0) is 15.4. The fourth-order valence-electron chi connectivity index (χ4n) is 3.31. The summed E-state index contributed by atoms with van der Waals surface area (Å²) in [6, 6.07) is 12.1. The van der Waals surface area contributed by atoms with Crippen molar-refractivity contribution in [2.24, 2.45) is 0 Å². The van der Waals surface area contributed by atoms with Gasteiger partial charge < -0.3 is 10.1 Å². The van der Waals surface area contributed by atoms with Crippen LogP contribution >= 0.6 is 11.3 Å². The highest BCUT2D eigenvalue weighted by atomic mass is 32.1. The highest BCUT2D eigenvalue weighted by molar-refractivity contribution is 7.12. The van der Waals surface area contributed by atoms with Crippen LogP contribution in [0.4, 0.5) is 0 Å². The van der Waals surface area contributed by atoms with Gasteiger partial charge in [-0.2, -0.15) is 0 Å². The predicted molar refractivity (Wildman–Crippen MR) is 89.8 cm³/mol. The molecule has 0 bridgehead atoms. The Labute approximate surface area is 135 Å². The standard InChI is InChI=1S/C18H21NO2S/c1-21-15-8-6-14(7-9-15)18(10-2-3-11-18)13-19-17(20)16-5-4-12-22-16/h4-9,12H,2-3,10-11,13H2,1H3,(H,19,20). The van der Waals surface area contributed by atoms with Crippen LogP contribution in [0.3, 0.4) is 0 Å². The summed E-state index contributed by atoms with van der Waals surface area (Å²) in [5.74, 6) is 0.911. The molecule has 1 aromatic carbocycles. The molecule has 1 saturated carbocycles. The van der Waals surface area contributed by atoms with Gasteiger partial charge in [-0.05, 0) is 42.0 Å². The van der Waals surface area contributed by atoms with E-state index in [0.29, 0.717) is 6.54 Å². The molecule has 1 amide bonds. The third kappa shape index (κ3) is 3.02. The molecule has 0 radical (unpaired) electrons. The molecule has 0 unspecified atom stereocenters. The van der Waals surface area contributed by atoms with Crippen molar-refractivity contribution in [2.75, 3.05) is 13.7 Å². The van der Waals surface area contributed by atoms with E-state index in [1.165, 1.54) is 29.7 Å². The molecule has 1 fully saturated rings. The van der Waals surface area contributed by atoms with E-state index in [9.17, 15) is 4.79 Å². The van der Waals surface area contributed by atoms with E-state index in [4.69, 9.17) is 4.74 Å². The first-order valence-corrected chi connectivity index (χ1v) is 8.58. The molecule has 0 aliphatic heterocycles. The molecule has 2 aromatic rings. The Hall–Kier alpha value is -1.81. The molecule has 0 atom stereocenters. The number of thiophene rings is 1. The van der Waals surface area contributed by atoms with Crippen molar-refractivity contribution in [3.05, 3.63) is 52.2 Å². The van der Waals surface area contributed by atoms with Crippen molar-refractivity contribution >= 4 is 17.2 Å². The molecule has 1 heterocycles. The Balaban J connectivity index is 1.75. The SMILES string of the molecule is COc1ccc(C2(CNC(=O)c3cccs3)CCCC2)cc1. The maximum Gasteiger partial charge on any atom is 0.261 e.